The van der Waals surface area contributed by atoms with Crippen molar-refractivity contribution < 1.29 is 0 Å². The van der Waals surface area contributed by atoms with E-state index in [-0.39, 0.29) is 0 Å². The van der Waals surface area contributed by atoms with Crippen molar-refractivity contribution in [2.45, 2.75) is 43.5 Å². The molecule has 1 fully saturated rings. The van der Waals surface area contributed by atoms with Gasteiger partial charge >= 0.3 is 0 Å². The highest BCUT2D eigenvalue weighted by molar-refractivity contribution is 7.99. The molecule has 2 nitrogen and oxygen atoms in total. The zero-order valence-corrected chi connectivity index (χ0v) is 11.1. The van der Waals surface area contributed by atoms with Gasteiger partial charge in [-0.15, -0.1) is 0 Å². The van der Waals surface area contributed by atoms with Crippen LogP contribution in [0.4, 0.5) is 0 Å². The van der Waals surface area contributed by atoms with E-state index in [1.54, 1.807) is 0 Å². The smallest absolute Gasteiger partial charge is 0.0223 e. The third-order valence-electron chi connectivity index (χ3n) is 3.50. The van der Waals surface area contributed by atoms with E-state index in [0.717, 1.165) is 17.8 Å². The lowest BCUT2D eigenvalue weighted by molar-refractivity contribution is 0.379. The average Bonchev–Trinajstić information content (AvgIpc) is 2.73. The van der Waals surface area contributed by atoms with Crippen LogP contribution in [0.1, 0.15) is 31.2 Å². The molecule has 0 aromatic carbocycles. The standard InChI is InChI=1S/C13H22N2S/c1-15-8-7-11(10-15)9-14-12-3-5-13(16-2)6-4-12/h7-8,10,12-14H,3-6,9H2,1-2H3. The maximum atomic E-state index is 3.67. The molecule has 1 N–H and O–H groups in total. The summed E-state index contributed by atoms with van der Waals surface area (Å²) in [7, 11) is 2.08. The molecular formula is C13H22N2S. The van der Waals surface area contributed by atoms with Crippen molar-refractivity contribution in [3.05, 3.63) is 24.0 Å². The maximum Gasteiger partial charge on any atom is 0.0223 e. The fourth-order valence-corrected chi connectivity index (χ4v) is 3.17. The van der Waals surface area contributed by atoms with Crippen LogP contribution >= 0.6 is 11.8 Å². The van der Waals surface area contributed by atoms with Crippen molar-refractivity contribution in [3.63, 3.8) is 0 Å². The van der Waals surface area contributed by atoms with E-state index in [1.165, 1.54) is 31.2 Å². The summed E-state index contributed by atoms with van der Waals surface area (Å²) in [4.78, 5) is 0. The van der Waals surface area contributed by atoms with E-state index in [9.17, 15) is 0 Å². The number of hydrogen-bond acceptors (Lipinski definition) is 2. The normalized spacial score (nSPS) is 25.9. The summed E-state index contributed by atoms with van der Waals surface area (Å²) in [6.45, 7) is 1.02. The van der Waals surface area contributed by atoms with Crippen molar-refractivity contribution in [2.24, 2.45) is 7.05 Å². The van der Waals surface area contributed by atoms with Gasteiger partial charge in [-0.2, -0.15) is 11.8 Å². The first-order chi connectivity index (χ1) is 7.78. The lowest BCUT2D eigenvalue weighted by Crippen LogP contribution is -2.33. The van der Waals surface area contributed by atoms with Crippen LogP contribution in [0.25, 0.3) is 0 Å². The van der Waals surface area contributed by atoms with E-state index in [1.807, 2.05) is 11.8 Å². The molecule has 1 heterocycles. The Morgan fingerprint density at radius 1 is 1.38 bits per heavy atom. The van der Waals surface area contributed by atoms with E-state index in [0.29, 0.717) is 0 Å². The van der Waals surface area contributed by atoms with E-state index in [4.69, 9.17) is 0 Å². The molecule has 0 radical (unpaired) electrons. The summed E-state index contributed by atoms with van der Waals surface area (Å²) in [5, 5.41) is 4.59. The van der Waals surface area contributed by atoms with E-state index in [2.05, 4.69) is 41.6 Å². The Kier molecular flexibility index (Phi) is 4.36. The number of thioether (sulfide) groups is 1. The molecule has 1 aliphatic carbocycles. The Balaban J connectivity index is 1.71. The Morgan fingerprint density at radius 3 is 2.69 bits per heavy atom. The molecule has 0 atom stereocenters. The third kappa shape index (κ3) is 3.29. The van der Waals surface area contributed by atoms with Crippen LogP contribution in [0, 0.1) is 0 Å². The van der Waals surface area contributed by atoms with Crippen LogP contribution in [0.5, 0.6) is 0 Å². The van der Waals surface area contributed by atoms with E-state index < -0.39 is 0 Å². The molecule has 0 aliphatic heterocycles. The van der Waals surface area contributed by atoms with Gasteiger partial charge in [-0.05, 0) is 43.6 Å². The average molecular weight is 238 g/mol. The van der Waals surface area contributed by atoms with Gasteiger partial charge in [0, 0.05) is 37.3 Å². The Bertz CT molecular complexity index is 313. The van der Waals surface area contributed by atoms with Crippen molar-refractivity contribution in [1.82, 2.24) is 9.88 Å². The van der Waals surface area contributed by atoms with Gasteiger partial charge in [0.1, 0.15) is 0 Å². The van der Waals surface area contributed by atoms with Crippen LogP contribution in [0.3, 0.4) is 0 Å². The van der Waals surface area contributed by atoms with Gasteiger partial charge in [-0.25, -0.2) is 0 Å². The Labute approximate surface area is 103 Å². The van der Waals surface area contributed by atoms with Gasteiger partial charge in [0.05, 0.1) is 0 Å². The first kappa shape index (κ1) is 12.1. The lowest BCUT2D eigenvalue weighted by Gasteiger charge is -2.28. The number of aromatic nitrogens is 1. The topological polar surface area (TPSA) is 17.0 Å². The van der Waals surface area contributed by atoms with Crippen molar-refractivity contribution in [1.29, 1.82) is 0 Å². The second kappa shape index (κ2) is 5.78. The van der Waals surface area contributed by atoms with Crippen LogP contribution in [-0.2, 0) is 13.6 Å². The SMILES string of the molecule is CSC1CCC(NCc2ccn(C)c2)CC1. The first-order valence-electron chi connectivity index (χ1n) is 6.15. The van der Waals surface area contributed by atoms with Crippen molar-refractivity contribution in [2.75, 3.05) is 6.26 Å². The number of aryl methyl sites for hydroxylation is 1. The molecule has 0 amide bonds. The second-order valence-electron chi connectivity index (χ2n) is 4.78. The van der Waals surface area contributed by atoms with Crippen LogP contribution in [-0.4, -0.2) is 22.1 Å². The fourth-order valence-electron chi connectivity index (χ4n) is 2.43. The molecule has 1 aromatic heterocycles. The predicted octanol–water partition coefficient (Wildman–Crippen LogP) is 2.79. The van der Waals surface area contributed by atoms with Crippen LogP contribution in [0.2, 0.25) is 0 Å². The summed E-state index contributed by atoms with van der Waals surface area (Å²) in [6, 6.07) is 2.93. The highest BCUT2D eigenvalue weighted by Gasteiger charge is 2.19. The van der Waals surface area contributed by atoms with Gasteiger partial charge in [0.25, 0.3) is 0 Å². The molecule has 0 saturated heterocycles. The zero-order chi connectivity index (χ0) is 11.4. The zero-order valence-electron chi connectivity index (χ0n) is 10.3. The highest BCUT2D eigenvalue weighted by atomic mass is 32.2. The van der Waals surface area contributed by atoms with E-state index >= 15 is 0 Å². The monoisotopic (exact) mass is 238 g/mol. The summed E-state index contributed by atoms with van der Waals surface area (Å²) in [6.07, 6.45) is 12.0. The molecule has 16 heavy (non-hydrogen) atoms. The molecule has 3 heteroatoms. The number of rotatable bonds is 4. The molecule has 0 bridgehead atoms. The van der Waals surface area contributed by atoms with Gasteiger partial charge in [0.15, 0.2) is 0 Å². The molecule has 1 aliphatic rings. The van der Waals surface area contributed by atoms with Gasteiger partial charge in [0.2, 0.25) is 0 Å². The highest BCUT2D eigenvalue weighted by Crippen LogP contribution is 2.26. The summed E-state index contributed by atoms with van der Waals surface area (Å²) in [5.74, 6) is 0. The number of nitrogens with one attached hydrogen (secondary N) is 1. The molecule has 1 saturated carbocycles. The molecular weight excluding hydrogens is 216 g/mol. The number of hydrogen-bond donors (Lipinski definition) is 1. The minimum atomic E-state index is 0.739. The van der Waals surface area contributed by atoms with Crippen LogP contribution < -0.4 is 5.32 Å². The second-order valence-corrected chi connectivity index (χ2v) is 5.91. The Hall–Kier alpha value is -0.410. The minimum absolute atomic E-state index is 0.739. The molecule has 90 valence electrons. The molecule has 2 rings (SSSR count). The summed E-state index contributed by atoms with van der Waals surface area (Å²) >= 11 is 2.03. The first-order valence-corrected chi connectivity index (χ1v) is 7.43. The van der Waals surface area contributed by atoms with Gasteiger partial charge < -0.3 is 9.88 Å². The molecule has 0 spiro atoms. The van der Waals surface area contributed by atoms with Crippen molar-refractivity contribution in [3.8, 4) is 0 Å². The summed E-state index contributed by atoms with van der Waals surface area (Å²) < 4.78 is 2.11. The lowest BCUT2D eigenvalue weighted by atomic mass is 9.95. The summed E-state index contributed by atoms with van der Waals surface area (Å²) in [5.41, 5.74) is 1.40. The minimum Gasteiger partial charge on any atom is -0.357 e. The predicted molar refractivity (Wildman–Crippen MR) is 71.8 cm³/mol. The van der Waals surface area contributed by atoms with Crippen molar-refractivity contribution >= 4 is 11.8 Å². The fraction of sp³-hybridized carbons (Fsp3) is 0.692. The maximum absolute atomic E-state index is 3.67. The number of nitrogens with zero attached hydrogens (tertiary/aromatic N) is 1. The van der Waals surface area contributed by atoms with Crippen LogP contribution in [0.15, 0.2) is 18.5 Å². The molecule has 1 aromatic rings. The van der Waals surface area contributed by atoms with Gasteiger partial charge in [-0.1, -0.05) is 0 Å². The Morgan fingerprint density at radius 2 is 2.12 bits per heavy atom. The van der Waals surface area contributed by atoms with Gasteiger partial charge in [-0.3, -0.25) is 0 Å². The quantitative estimate of drug-likeness (QED) is 0.868. The molecule has 0 unspecified atom stereocenters. The largest absolute Gasteiger partial charge is 0.357 e. The third-order valence-corrected chi connectivity index (χ3v) is 4.63.